The molecular formula is C23H20N8O. The van der Waals surface area contributed by atoms with Gasteiger partial charge in [0.25, 0.3) is 5.91 Å². The number of hydrogen-bond donors (Lipinski definition) is 1. The van der Waals surface area contributed by atoms with Crippen LogP contribution in [0.3, 0.4) is 0 Å². The number of rotatable bonds is 5. The van der Waals surface area contributed by atoms with Gasteiger partial charge in [0, 0.05) is 24.0 Å². The van der Waals surface area contributed by atoms with Crippen molar-refractivity contribution in [1.82, 2.24) is 29.8 Å². The highest BCUT2D eigenvalue weighted by Gasteiger charge is 2.20. The first-order valence-electron chi connectivity index (χ1n) is 9.89. The van der Waals surface area contributed by atoms with Crippen LogP contribution in [0, 0.1) is 25.2 Å². The average Bonchev–Trinajstić information content (AvgIpc) is 2.79. The summed E-state index contributed by atoms with van der Waals surface area (Å²) in [4.78, 5) is 36.6. The van der Waals surface area contributed by atoms with E-state index in [0.29, 0.717) is 39.8 Å². The topological polar surface area (TPSA) is 135 Å². The first-order valence-corrected chi connectivity index (χ1v) is 9.89. The molecule has 0 aliphatic carbocycles. The van der Waals surface area contributed by atoms with Crippen LogP contribution in [0.5, 0.6) is 0 Å². The molecule has 4 aromatic heterocycles. The maximum Gasteiger partial charge on any atom is 0.256 e. The Morgan fingerprint density at radius 1 is 1.09 bits per heavy atom. The minimum absolute atomic E-state index is 0.192. The number of anilines is 1. The van der Waals surface area contributed by atoms with E-state index in [0.717, 1.165) is 10.9 Å². The number of amides is 1. The average molecular weight is 424 g/mol. The molecule has 1 amide bonds. The molecule has 158 valence electrons. The summed E-state index contributed by atoms with van der Waals surface area (Å²) >= 11 is 0. The van der Waals surface area contributed by atoms with E-state index in [2.05, 4.69) is 31.0 Å². The number of nitriles is 1. The molecule has 0 saturated carbocycles. The van der Waals surface area contributed by atoms with E-state index in [-0.39, 0.29) is 19.0 Å². The Labute approximate surface area is 184 Å². The van der Waals surface area contributed by atoms with Gasteiger partial charge in [-0.1, -0.05) is 0 Å². The molecule has 0 aliphatic heterocycles. The standard InChI is InChI=1S/C23H20N8O/c1-14-8-17-9-18(11-28-22(17)30-21(14)25)23(32)31(13-20-26-6-3-7-27-20)12-19-5-4-16(10-24)15(2)29-19/h3-9,11H,12-13H2,1-2H3,(H2,25,28,30). The summed E-state index contributed by atoms with van der Waals surface area (Å²) in [5.41, 5.74) is 9.34. The van der Waals surface area contributed by atoms with Gasteiger partial charge in [0.15, 0.2) is 5.65 Å². The lowest BCUT2D eigenvalue weighted by molar-refractivity contribution is 0.0723. The van der Waals surface area contributed by atoms with Crippen LogP contribution >= 0.6 is 0 Å². The van der Waals surface area contributed by atoms with Crippen LogP contribution in [0.15, 0.2) is 48.9 Å². The second-order valence-corrected chi connectivity index (χ2v) is 7.33. The Hall–Kier alpha value is -4.45. The molecular weight excluding hydrogens is 404 g/mol. The van der Waals surface area contributed by atoms with Crippen molar-refractivity contribution in [2.24, 2.45) is 0 Å². The van der Waals surface area contributed by atoms with Crippen LogP contribution in [0.25, 0.3) is 11.0 Å². The van der Waals surface area contributed by atoms with E-state index >= 15 is 0 Å². The van der Waals surface area contributed by atoms with Crippen LogP contribution < -0.4 is 5.73 Å². The van der Waals surface area contributed by atoms with Gasteiger partial charge in [-0.15, -0.1) is 0 Å². The van der Waals surface area contributed by atoms with Crippen LogP contribution in [0.1, 0.15) is 38.7 Å². The van der Waals surface area contributed by atoms with Crippen LogP contribution in [0.4, 0.5) is 5.82 Å². The van der Waals surface area contributed by atoms with Crippen molar-refractivity contribution < 1.29 is 4.79 Å². The largest absolute Gasteiger partial charge is 0.383 e. The normalized spacial score (nSPS) is 10.7. The van der Waals surface area contributed by atoms with Gasteiger partial charge in [0.05, 0.1) is 35.6 Å². The molecule has 0 aromatic carbocycles. The molecule has 2 N–H and O–H groups in total. The molecule has 0 unspecified atom stereocenters. The summed E-state index contributed by atoms with van der Waals surface area (Å²) in [6.45, 7) is 4.04. The van der Waals surface area contributed by atoms with E-state index in [1.807, 2.05) is 13.0 Å². The highest BCUT2D eigenvalue weighted by molar-refractivity contribution is 5.97. The van der Waals surface area contributed by atoms with Crippen LogP contribution in [0.2, 0.25) is 0 Å². The van der Waals surface area contributed by atoms with Gasteiger partial charge in [-0.05, 0) is 49.7 Å². The van der Waals surface area contributed by atoms with Crippen LogP contribution in [-0.4, -0.2) is 35.7 Å². The number of carbonyl (C=O) groups is 1. The molecule has 4 rings (SSSR count). The smallest absolute Gasteiger partial charge is 0.256 e. The number of carbonyl (C=O) groups excluding carboxylic acids is 1. The maximum absolute atomic E-state index is 13.5. The molecule has 0 saturated heterocycles. The summed E-state index contributed by atoms with van der Waals surface area (Å²) in [5, 5.41) is 9.88. The molecule has 0 spiro atoms. The third kappa shape index (κ3) is 4.34. The fraction of sp³-hybridized carbons (Fsp3) is 0.174. The fourth-order valence-corrected chi connectivity index (χ4v) is 3.28. The van der Waals surface area contributed by atoms with Gasteiger partial charge in [-0.3, -0.25) is 9.78 Å². The summed E-state index contributed by atoms with van der Waals surface area (Å²) in [6.07, 6.45) is 4.75. The lowest BCUT2D eigenvalue weighted by Gasteiger charge is -2.22. The highest BCUT2D eigenvalue weighted by atomic mass is 16.2. The van der Waals surface area contributed by atoms with Crippen LogP contribution in [-0.2, 0) is 13.1 Å². The molecule has 0 fully saturated rings. The van der Waals surface area contributed by atoms with Gasteiger partial charge < -0.3 is 10.6 Å². The van der Waals surface area contributed by atoms with Crippen molar-refractivity contribution in [3.8, 4) is 6.07 Å². The number of aromatic nitrogens is 5. The molecule has 9 heteroatoms. The lowest BCUT2D eigenvalue weighted by atomic mass is 10.1. The van der Waals surface area contributed by atoms with Gasteiger partial charge in [-0.25, -0.2) is 19.9 Å². The highest BCUT2D eigenvalue weighted by Crippen LogP contribution is 2.19. The van der Waals surface area contributed by atoms with Crippen molar-refractivity contribution in [2.75, 3.05) is 5.73 Å². The first kappa shape index (κ1) is 20.8. The summed E-state index contributed by atoms with van der Waals surface area (Å²) in [6, 6.07) is 10.9. The second-order valence-electron chi connectivity index (χ2n) is 7.33. The van der Waals surface area contributed by atoms with Crippen molar-refractivity contribution in [1.29, 1.82) is 5.26 Å². The quantitative estimate of drug-likeness (QED) is 0.517. The molecule has 0 bridgehead atoms. The van der Waals surface area contributed by atoms with E-state index in [9.17, 15) is 4.79 Å². The third-order valence-corrected chi connectivity index (χ3v) is 5.00. The lowest BCUT2D eigenvalue weighted by Crippen LogP contribution is -2.31. The molecule has 9 nitrogen and oxygen atoms in total. The van der Waals surface area contributed by atoms with Crippen molar-refractivity contribution >= 4 is 22.8 Å². The Kier molecular flexibility index (Phi) is 5.68. The summed E-state index contributed by atoms with van der Waals surface area (Å²) in [5.74, 6) is 0.671. The van der Waals surface area contributed by atoms with Crippen molar-refractivity contribution in [2.45, 2.75) is 26.9 Å². The summed E-state index contributed by atoms with van der Waals surface area (Å²) < 4.78 is 0. The molecule has 4 heterocycles. The summed E-state index contributed by atoms with van der Waals surface area (Å²) in [7, 11) is 0. The number of fused-ring (bicyclic) bond motifs is 1. The number of aryl methyl sites for hydroxylation is 2. The molecule has 0 aliphatic rings. The minimum Gasteiger partial charge on any atom is -0.383 e. The fourth-order valence-electron chi connectivity index (χ4n) is 3.28. The van der Waals surface area contributed by atoms with E-state index < -0.39 is 0 Å². The number of nitrogens with two attached hydrogens (primary N) is 1. The zero-order valence-corrected chi connectivity index (χ0v) is 17.6. The zero-order valence-electron chi connectivity index (χ0n) is 17.6. The zero-order chi connectivity index (χ0) is 22.7. The van der Waals surface area contributed by atoms with Gasteiger partial charge in [0.2, 0.25) is 0 Å². The van der Waals surface area contributed by atoms with Gasteiger partial charge in [-0.2, -0.15) is 5.26 Å². The number of nitrogen functional groups attached to an aromatic ring is 1. The molecule has 0 atom stereocenters. The third-order valence-electron chi connectivity index (χ3n) is 5.00. The number of nitrogens with zero attached hydrogens (tertiary/aromatic N) is 7. The monoisotopic (exact) mass is 424 g/mol. The SMILES string of the molecule is Cc1cc2cc(C(=O)N(Cc3ccc(C#N)c(C)n3)Cc3ncccn3)cnc2nc1N. The second kappa shape index (κ2) is 8.73. The van der Waals surface area contributed by atoms with Gasteiger partial charge in [0.1, 0.15) is 17.7 Å². The van der Waals surface area contributed by atoms with Crippen molar-refractivity contribution in [3.63, 3.8) is 0 Å². The van der Waals surface area contributed by atoms with E-state index in [4.69, 9.17) is 11.0 Å². The maximum atomic E-state index is 13.5. The predicted molar refractivity (Wildman–Crippen MR) is 118 cm³/mol. The number of pyridine rings is 3. The van der Waals surface area contributed by atoms with E-state index in [1.54, 1.807) is 48.5 Å². The van der Waals surface area contributed by atoms with Gasteiger partial charge >= 0.3 is 0 Å². The van der Waals surface area contributed by atoms with E-state index in [1.165, 1.54) is 6.20 Å². The Morgan fingerprint density at radius 3 is 2.59 bits per heavy atom. The van der Waals surface area contributed by atoms with Crippen molar-refractivity contribution in [3.05, 3.63) is 82.8 Å². The number of hydrogen-bond acceptors (Lipinski definition) is 8. The Bertz CT molecular complexity index is 1350. The Balaban J connectivity index is 1.69. The Morgan fingerprint density at radius 2 is 1.88 bits per heavy atom. The predicted octanol–water partition coefficient (Wildman–Crippen LogP) is 2.73. The first-order chi connectivity index (χ1) is 15.4. The molecule has 4 aromatic rings. The minimum atomic E-state index is -0.245. The molecule has 0 radical (unpaired) electrons. The molecule has 32 heavy (non-hydrogen) atoms.